The Morgan fingerprint density at radius 2 is 1.78 bits per heavy atom. The van der Waals surface area contributed by atoms with E-state index in [9.17, 15) is 29.4 Å². The first-order valence-corrected chi connectivity index (χ1v) is 10.7. The van der Waals surface area contributed by atoms with Crippen LogP contribution in [0.4, 0.5) is 0 Å². The Balaban J connectivity index is 2.88. The van der Waals surface area contributed by atoms with Gasteiger partial charge in [-0.15, -0.1) is 11.8 Å². The van der Waals surface area contributed by atoms with Gasteiger partial charge in [0.25, 0.3) is 0 Å². The van der Waals surface area contributed by atoms with Crippen molar-refractivity contribution in [1.29, 1.82) is 0 Å². The van der Waals surface area contributed by atoms with E-state index in [1.807, 2.05) is 0 Å². The first kappa shape index (κ1) is 27.4. The summed E-state index contributed by atoms with van der Waals surface area (Å²) in [5, 5.41) is 42.8. The third-order valence-corrected chi connectivity index (χ3v) is 6.16. The summed E-state index contributed by atoms with van der Waals surface area (Å²) >= 11 is 1.03. The lowest BCUT2D eigenvalue weighted by Gasteiger charge is -2.33. The third kappa shape index (κ3) is 8.83. The highest BCUT2D eigenvalue weighted by atomic mass is 32.2. The minimum atomic E-state index is -1.27. The van der Waals surface area contributed by atoms with Gasteiger partial charge >= 0.3 is 11.9 Å². The molecule has 8 N–H and O–H groups in total. The maximum absolute atomic E-state index is 12.4. The van der Waals surface area contributed by atoms with Crippen molar-refractivity contribution in [2.45, 2.75) is 42.7 Å². The first-order valence-electron chi connectivity index (χ1n) is 9.75. The van der Waals surface area contributed by atoms with Gasteiger partial charge in [-0.1, -0.05) is 30.3 Å². The van der Waals surface area contributed by atoms with Gasteiger partial charge in [0.15, 0.2) is 0 Å². The number of nitrogens with two attached hydrogens (primary N) is 1. The second kappa shape index (κ2) is 13.0. The summed E-state index contributed by atoms with van der Waals surface area (Å²) < 4.78 is -1.14. The Labute approximate surface area is 189 Å². The number of carboxylic acids is 2. The number of aliphatic hydroxyl groups excluding tert-OH is 2. The fraction of sp³-hybridized carbons (Fsp3) is 0.500. The van der Waals surface area contributed by atoms with E-state index >= 15 is 0 Å². The molecule has 0 heterocycles. The van der Waals surface area contributed by atoms with E-state index < -0.39 is 59.8 Å². The minimum absolute atomic E-state index is 0.0941. The van der Waals surface area contributed by atoms with Crippen LogP contribution in [0.3, 0.4) is 0 Å². The molecule has 12 heteroatoms. The molecule has 0 spiro atoms. The number of amides is 2. The minimum Gasteiger partial charge on any atom is -0.480 e. The molecule has 0 aromatic heterocycles. The number of hydrogen-bond donors (Lipinski definition) is 7. The van der Waals surface area contributed by atoms with E-state index in [0.717, 1.165) is 11.8 Å². The number of thioether (sulfide) groups is 1. The third-order valence-electron chi connectivity index (χ3n) is 4.65. The lowest BCUT2D eigenvalue weighted by Crippen LogP contribution is -2.50. The first-order chi connectivity index (χ1) is 15.0. The van der Waals surface area contributed by atoms with Gasteiger partial charge in [0.2, 0.25) is 11.8 Å². The van der Waals surface area contributed by atoms with Crippen molar-refractivity contribution < 1.29 is 39.6 Å². The lowest BCUT2D eigenvalue weighted by atomic mass is 9.97. The summed E-state index contributed by atoms with van der Waals surface area (Å²) in [7, 11) is 0. The van der Waals surface area contributed by atoms with E-state index in [2.05, 4.69) is 10.6 Å². The summed E-state index contributed by atoms with van der Waals surface area (Å²) in [6.45, 7) is 0.484. The van der Waals surface area contributed by atoms with Crippen LogP contribution in [0, 0.1) is 0 Å². The monoisotopic (exact) mass is 471 g/mol. The number of hydrogen-bond acceptors (Lipinski definition) is 8. The highest BCUT2D eigenvalue weighted by Crippen LogP contribution is 2.37. The fourth-order valence-corrected chi connectivity index (χ4v) is 3.79. The Bertz CT molecular complexity index is 794. The van der Waals surface area contributed by atoms with Gasteiger partial charge in [-0.25, -0.2) is 0 Å². The largest absolute Gasteiger partial charge is 0.480 e. The standard InChI is InChI=1S/C20H29N3O8S/c1-20(11-24,17(28)12-5-3-2-4-6-12)32-10-14(18(29)22-9-16(26)27)23-15(25)8-7-13(21)19(30)31/h2-6,13-14,17,24,28H,7-11,21H2,1H3,(H,22,29)(H,23,25)(H,26,27)(H,30,31). The maximum Gasteiger partial charge on any atom is 0.322 e. The van der Waals surface area contributed by atoms with Crippen LogP contribution in [0.2, 0.25) is 0 Å². The van der Waals surface area contributed by atoms with E-state index in [1.54, 1.807) is 37.3 Å². The molecule has 0 radical (unpaired) electrons. The van der Waals surface area contributed by atoms with Crippen LogP contribution < -0.4 is 16.4 Å². The zero-order valence-corrected chi connectivity index (χ0v) is 18.4. The molecule has 0 aliphatic carbocycles. The van der Waals surface area contributed by atoms with Crippen LogP contribution in [-0.2, 0) is 19.2 Å². The molecule has 2 amide bonds. The van der Waals surface area contributed by atoms with Crippen LogP contribution >= 0.6 is 11.8 Å². The number of carbonyl (C=O) groups is 4. The van der Waals surface area contributed by atoms with Crippen molar-refractivity contribution in [3.8, 4) is 0 Å². The van der Waals surface area contributed by atoms with Crippen LogP contribution in [0.15, 0.2) is 30.3 Å². The van der Waals surface area contributed by atoms with Crippen molar-refractivity contribution in [3.05, 3.63) is 35.9 Å². The molecular weight excluding hydrogens is 442 g/mol. The fourth-order valence-electron chi connectivity index (χ4n) is 2.62. The zero-order chi connectivity index (χ0) is 24.3. The number of rotatable bonds is 14. The Morgan fingerprint density at radius 1 is 1.16 bits per heavy atom. The molecule has 1 aromatic rings. The lowest BCUT2D eigenvalue weighted by molar-refractivity contribution is -0.139. The van der Waals surface area contributed by atoms with E-state index in [-0.39, 0.29) is 18.6 Å². The Hall–Kier alpha value is -2.67. The van der Waals surface area contributed by atoms with Crippen LogP contribution in [0.5, 0.6) is 0 Å². The number of carbonyl (C=O) groups excluding carboxylic acids is 2. The number of benzene rings is 1. The predicted molar refractivity (Wildman–Crippen MR) is 117 cm³/mol. The average Bonchev–Trinajstić information content (AvgIpc) is 2.78. The van der Waals surface area contributed by atoms with Crippen LogP contribution in [-0.4, -0.2) is 79.9 Å². The van der Waals surface area contributed by atoms with Crippen molar-refractivity contribution in [1.82, 2.24) is 10.6 Å². The van der Waals surface area contributed by atoms with Gasteiger partial charge in [0.1, 0.15) is 18.6 Å². The zero-order valence-electron chi connectivity index (χ0n) is 17.6. The number of carboxylic acid groups (broad SMARTS) is 2. The molecule has 0 aliphatic rings. The molecule has 4 unspecified atom stereocenters. The molecule has 0 aliphatic heterocycles. The molecule has 0 bridgehead atoms. The molecular formula is C20H29N3O8S. The highest BCUT2D eigenvalue weighted by Gasteiger charge is 2.36. The quantitative estimate of drug-likeness (QED) is 0.178. The topological polar surface area (TPSA) is 199 Å². The molecule has 0 saturated heterocycles. The normalized spacial score (nSPS) is 15.6. The summed E-state index contributed by atoms with van der Waals surface area (Å²) in [6, 6.07) is 6.16. The SMILES string of the molecule is CC(CO)(SCC(NC(=O)CCC(N)C(=O)O)C(=O)NCC(=O)O)C(O)c1ccccc1. The van der Waals surface area contributed by atoms with E-state index in [4.69, 9.17) is 15.9 Å². The number of aliphatic carboxylic acids is 2. The number of aliphatic hydroxyl groups is 2. The molecule has 11 nitrogen and oxygen atoms in total. The molecule has 1 aromatic carbocycles. The predicted octanol–water partition coefficient (Wildman–Crippen LogP) is -0.918. The Morgan fingerprint density at radius 3 is 2.31 bits per heavy atom. The van der Waals surface area contributed by atoms with Crippen molar-refractivity contribution >= 4 is 35.5 Å². The Kier molecular flexibility index (Phi) is 11.1. The smallest absolute Gasteiger partial charge is 0.322 e. The van der Waals surface area contributed by atoms with Crippen LogP contribution in [0.1, 0.15) is 31.4 Å². The van der Waals surface area contributed by atoms with Crippen LogP contribution in [0.25, 0.3) is 0 Å². The molecule has 1 rings (SSSR count). The molecule has 4 atom stereocenters. The molecule has 178 valence electrons. The maximum atomic E-state index is 12.4. The molecule has 0 saturated carbocycles. The molecule has 0 fully saturated rings. The van der Waals surface area contributed by atoms with Crippen molar-refractivity contribution in [3.63, 3.8) is 0 Å². The van der Waals surface area contributed by atoms with Crippen molar-refractivity contribution in [2.24, 2.45) is 5.73 Å². The summed E-state index contributed by atoms with van der Waals surface area (Å²) in [5.74, 6) is -4.05. The van der Waals surface area contributed by atoms with Gasteiger partial charge in [-0.2, -0.15) is 0 Å². The number of nitrogens with one attached hydrogen (secondary N) is 2. The van der Waals surface area contributed by atoms with E-state index in [0.29, 0.717) is 5.56 Å². The van der Waals surface area contributed by atoms with Gasteiger partial charge < -0.3 is 36.8 Å². The summed E-state index contributed by atoms with van der Waals surface area (Å²) in [5.41, 5.74) is 5.93. The second-order valence-electron chi connectivity index (χ2n) is 7.31. The molecule has 32 heavy (non-hydrogen) atoms. The van der Waals surface area contributed by atoms with E-state index in [1.165, 1.54) is 0 Å². The van der Waals surface area contributed by atoms with Crippen molar-refractivity contribution in [2.75, 3.05) is 18.9 Å². The highest BCUT2D eigenvalue weighted by molar-refractivity contribution is 8.00. The van der Waals surface area contributed by atoms with Gasteiger partial charge in [0.05, 0.1) is 17.5 Å². The second-order valence-corrected chi connectivity index (χ2v) is 8.86. The summed E-state index contributed by atoms with van der Waals surface area (Å²) in [6.07, 6.45) is -1.51. The van der Waals surface area contributed by atoms with Gasteiger partial charge in [-0.3, -0.25) is 19.2 Å². The average molecular weight is 472 g/mol. The van der Waals surface area contributed by atoms with Gasteiger partial charge in [0, 0.05) is 12.2 Å². The summed E-state index contributed by atoms with van der Waals surface area (Å²) in [4.78, 5) is 46.2. The van der Waals surface area contributed by atoms with Gasteiger partial charge in [-0.05, 0) is 18.9 Å².